The summed E-state index contributed by atoms with van der Waals surface area (Å²) in [7, 11) is 1.31. The molecule has 0 atom stereocenters. The van der Waals surface area contributed by atoms with Crippen LogP contribution in [0.3, 0.4) is 0 Å². The Kier molecular flexibility index (Phi) is 3.61. The number of rotatable bonds is 2. The fraction of sp³-hybridized carbons (Fsp3) is 0.0769. The van der Waals surface area contributed by atoms with E-state index in [1.807, 2.05) is 0 Å². The van der Waals surface area contributed by atoms with Gasteiger partial charge in [-0.05, 0) is 12.1 Å². The van der Waals surface area contributed by atoms with Gasteiger partial charge in [-0.2, -0.15) is 0 Å². The van der Waals surface area contributed by atoms with Crippen molar-refractivity contribution in [3.63, 3.8) is 0 Å². The molecule has 4 nitrogen and oxygen atoms in total. The zero-order valence-electron chi connectivity index (χ0n) is 10.6. The number of nitrogens with zero attached hydrogens (tertiary/aromatic N) is 2. The van der Waals surface area contributed by atoms with Gasteiger partial charge in [0.1, 0.15) is 10.7 Å². The first kappa shape index (κ1) is 14.3. The minimum Gasteiger partial charge on any atom is -0.465 e. The maximum absolute atomic E-state index is 13.6. The zero-order chi connectivity index (χ0) is 15.1. The van der Waals surface area contributed by atoms with Crippen LogP contribution in [-0.4, -0.2) is 22.5 Å². The van der Waals surface area contributed by atoms with Gasteiger partial charge < -0.3 is 4.74 Å². The van der Waals surface area contributed by atoms with Crippen LogP contribution in [0.4, 0.5) is 4.39 Å². The molecule has 0 radical (unpaired) electrons. The summed E-state index contributed by atoms with van der Waals surface area (Å²) in [6, 6.07) is 2.57. The van der Waals surface area contributed by atoms with Crippen molar-refractivity contribution in [1.29, 1.82) is 0 Å². The van der Waals surface area contributed by atoms with Crippen molar-refractivity contribution < 1.29 is 13.9 Å². The number of fused-ring (bicyclic) bond motifs is 1. The van der Waals surface area contributed by atoms with Crippen LogP contribution in [-0.2, 0) is 4.74 Å². The molecule has 0 spiro atoms. The Bertz CT molecular complexity index is 828. The number of esters is 1. The summed E-state index contributed by atoms with van der Waals surface area (Å²) in [4.78, 5) is 16.8. The van der Waals surface area contributed by atoms with Crippen LogP contribution in [0, 0.1) is 5.82 Å². The highest BCUT2D eigenvalue weighted by atomic mass is 35.5. The van der Waals surface area contributed by atoms with Gasteiger partial charge in [0.05, 0.1) is 22.8 Å². The van der Waals surface area contributed by atoms with Crippen molar-refractivity contribution in [3.8, 4) is 11.3 Å². The Morgan fingerprint density at radius 2 is 2.10 bits per heavy atom. The molecule has 2 aromatic heterocycles. The fourth-order valence-corrected chi connectivity index (χ4v) is 3.20. The Balaban J connectivity index is 2.08. The van der Waals surface area contributed by atoms with Crippen LogP contribution in [0.2, 0.25) is 10.0 Å². The molecule has 0 aliphatic heterocycles. The number of halogens is 3. The number of methoxy groups -OCH3 is 1. The first-order chi connectivity index (χ1) is 9.99. The second-order valence-corrected chi connectivity index (χ2v) is 5.97. The quantitative estimate of drug-likeness (QED) is 0.514. The highest BCUT2D eigenvalue weighted by molar-refractivity contribution is 7.18. The van der Waals surface area contributed by atoms with Gasteiger partial charge in [-0.25, -0.2) is 14.2 Å². The van der Waals surface area contributed by atoms with Crippen molar-refractivity contribution in [1.82, 2.24) is 9.38 Å². The summed E-state index contributed by atoms with van der Waals surface area (Å²) in [5, 5.41) is 0.262. The molecule has 1 aromatic carbocycles. The van der Waals surface area contributed by atoms with Gasteiger partial charge in [-0.15, -0.1) is 0 Å². The molecule has 0 aliphatic rings. The molecular formula is C13H7Cl2FN2O2S. The topological polar surface area (TPSA) is 43.6 Å². The summed E-state index contributed by atoms with van der Waals surface area (Å²) in [5.74, 6) is -0.995. The van der Waals surface area contributed by atoms with Gasteiger partial charge in [0.2, 0.25) is 0 Å². The van der Waals surface area contributed by atoms with Gasteiger partial charge in [0.15, 0.2) is 4.96 Å². The van der Waals surface area contributed by atoms with Crippen molar-refractivity contribution in [2.45, 2.75) is 0 Å². The standard InChI is InChI=1S/C13H7Cl2FN2O2S/c1-20-12(19)11-5-18-4-10(17-13(18)21-11)6-2-9(16)8(15)3-7(6)14/h2-5H,1H3. The number of carbonyl (C=O) groups is 1. The van der Waals surface area contributed by atoms with Crippen LogP contribution in [0.1, 0.15) is 9.67 Å². The van der Waals surface area contributed by atoms with Gasteiger partial charge in [0, 0.05) is 18.0 Å². The predicted molar refractivity (Wildman–Crippen MR) is 79.8 cm³/mol. The number of hydrogen-bond donors (Lipinski definition) is 0. The molecule has 2 heterocycles. The average Bonchev–Trinajstić information content (AvgIpc) is 3.00. The Morgan fingerprint density at radius 3 is 2.76 bits per heavy atom. The Hall–Kier alpha value is -1.63. The average molecular weight is 345 g/mol. The molecular weight excluding hydrogens is 338 g/mol. The molecule has 0 N–H and O–H groups in total. The molecule has 108 valence electrons. The minimum absolute atomic E-state index is 0.0438. The van der Waals surface area contributed by atoms with E-state index in [-0.39, 0.29) is 5.02 Å². The van der Waals surface area contributed by atoms with E-state index < -0.39 is 11.8 Å². The lowest BCUT2D eigenvalue weighted by Gasteiger charge is -2.02. The van der Waals surface area contributed by atoms with E-state index in [1.54, 1.807) is 16.8 Å². The molecule has 0 saturated carbocycles. The van der Waals surface area contributed by atoms with Gasteiger partial charge in [-0.1, -0.05) is 34.5 Å². The molecule has 21 heavy (non-hydrogen) atoms. The molecule has 0 unspecified atom stereocenters. The van der Waals surface area contributed by atoms with Crippen LogP contribution in [0.15, 0.2) is 24.5 Å². The lowest BCUT2D eigenvalue weighted by Crippen LogP contribution is -1.97. The lowest BCUT2D eigenvalue weighted by molar-refractivity contribution is 0.0606. The summed E-state index contributed by atoms with van der Waals surface area (Å²) in [5.41, 5.74) is 0.937. The van der Waals surface area contributed by atoms with Gasteiger partial charge in [0.25, 0.3) is 0 Å². The number of thiazole rings is 1. The monoisotopic (exact) mass is 344 g/mol. The van der Waals surface area contributed by atoms with E-state index >= 15 is 0 Å². The molecule has 0 bridgehead atoms. The molecule has 0 saturated heterocycles. The first-order valence-corrected chi connectivity index (χ1v) is 7.28. The van der Waals surface area contributed by atoms with Crippen molar-refractivity contribution in [3.05, 3.63) is 45.3 Å². The van der Waals surface area contributed by atoms with E-state index in [1.165, 1.54) is 30.6 Å². The van der Waals surface area contributed by atoms with Crippen LogP contribution >= 0.6 is 34.5 Å². The highest BCUT2D eigenvalue weighted by Crippen LogP contribution is 2.33. The van der Waals surface area contributed by atoms with E-state index in [0.29, 0.717) is 26.1 Å². The van der Waals surface area contributed by atoms with Gasteiger partial charge in [-0.3, -0.25) is 4.40 Å². The normalized spacial score (nSPS) is 11.0. The van der Waals surface area contributed by atoms with Crippen molar-refractivity contribution in [2.75, 3.05) is 7.11 Å². The zero-order valence-corrected chi connectivity index (χ0v) is 12.9. The fourth-order valence-electron chi connectivity index (χ4n) is 1.84. The molecule has 0 fully saturated rings. The van der Waals surface area contributed by atoms with Crippen LogP contribution in [0.5, 0.6) is 0 Å². The molecule has 3 aromatic rings. The SMILES string of the molecule is COC(=O)c1cn2cc(-c3cc(F)c(Cl)cc3Cl)nc2s1. The Labute approximate surface area is 132 Å². The second-order valence-electron chi connectivity index (χ2n) is 4.15. The maximum Gasteiger partial charge on any atom is 0.349 e. The maximum atomic E-state index is 13.6. The third-order valence-electron chi connectivity index (χ3n) is 2.83. The van der Waals surface area contributed by atoms with Gasteiger partial charge >= 0.3 is 5.97 Å². The molecule has 8 heteroatoms. The second kappa shape index (κ2) is 5.29. The number of imidazole rings is 1. The third kappa shape index (κ3) is 2.50. The Morgan fingerprint density at radius 1 is 1.33 bits per heavy atom. The van der Waals surface area contributed by atoms with Crippen LogP contribution < -0.4 is 0 Å². The predicted octanol–water partition coefficient (Wildman–Crippen LogP) is 4.30. The smallest absolute Gasteiger partial charge is 0.349 e. The van der Waals surface area contributed by atoms with Crippen molar-refractivity contribution in [2.24, 2.45) is 0 Å². The van der Waals surface area contributed by atoms with E-state index in [4.69, 9.17) is 23.2 Å². The molecule has 0 aliphatic carbocycles. The summed E-state index contributed by atoms with van der Waals surface area (Å²) < 4.78 is 19.9. The summed E-state index contributed by atoms with van der Waals surface area (Å²) >= 11 is 12.9. The number of hydrogen-bond acceptors (Lipinski definition) is 4. The third-order valence-corrected chi connectivity index (χ3v) is 4.41. The number of ether oxygens (including phenoxy) is 1. The van der Waals surface area contributed by atoms with E-state index in [9.17, 15) is 9.18 Å². The largest absolute Gasteiger partial charge is 0.465 e. The van der Waals surface area contributed by atoms with E-state index in [2.05, 4.69) is 9.72 Å². The van der Waals surface area contributed by atoms with Crippen LogP contribution in [0.25, 0.3) is 16.2 Å². The van der Waals surface area contributed by atoms with Crippen molar-refractivity contribution >= 4 is 45.5 Å². The summed E-state index contributed by atoms with van der Waals surface area (Å²) in [6.45, 7) is 0. The summed E-state index contributed by atoms with van der Waals surface area (Å²) in [6.07, 6.45) is 3.26. The minimum atomic E-state index is -0.567. The number of aromatic nitrogens is 2. The number of carbonyl (C=O) groups excluding carboxylic acids is 1. The lowest BCUT2D eigenvalue weighted by atomic mass is 10.1. The molecule has 3 rings (SSSR count). The highest BCUT2D eigenvalue weighted by Gasteiger charge is 2.16. The molecule has 0 amide bonds. The number of benzene rings is 1. The van der Waals surface area contributed by atoms with E-state index in [0.717, 1.165) is 0 Å². The first-order valence-electron chi connectivity index (χ1n) is 5.71.